The Balaban J connectivity index is 1.38. The van der Waals surface area contributed by atoms with Crippen LogP contribution in [-0.4, -0.2) is 35.2 Å². The summed E-state index contributed by atoms with van der Waals surface area (Å²) in [7, 11) is 0. The zero-order valence-electron chi connectivity index (χ0n) is 22.1. The van der Waals surface area contributed by atoms with E-state index in [0.29, 0.717) is 29.5 Å². The Hall–Kier alpha value is -4.53. The molecule has 202 valence electrons. The molecule has 1 atom stereocenters. The smallest absolute Gasteiger partial charge is 0.307 e. The summed E-state index contributed by atoms with van der Waals surface area (Å²) in [6, 6.07) is 21.0. The predicted molar refractivity (Wildman–Crippen MR) is 146 cm³/mol. The van der Waals surface area contributed by atoms with Gasteiger partial charge in [0.15, 0.2) is 0 Å². The number of halogens is 1. The quantitative estimate of drug-likeness (QED) is 0.228. The van der Waals surface area contributed by atoms with Gasteiger partial charge in [-0.15, -0.1) is 10.2 Å². The van der Waals surface area contributed by atoms with E-state index in [4.69, 9.17) is 9.15 Å². The van der Waals surface area contributed by atoms with Crippen molar-refractivity contribution in [2.75, 3.05) is 18.5 Å². The van der Waals surface area contributed by atoms with E-state index in [1.807, 2.05) is 36.4 Å². The van der Waals surface area contributed by atoms with Crippen molar-refractivity contribution in [3.05, 3.63) is 89.7 Å². The minimum atomic E-state index is -0.334. The number of rotatable bonds is 11. The predicted octanol–water partition coefficient (Wildman–Crippen LogP) is 6.03. The van der Waals surface area contributed by atoms with Gasteiger partial charge in [-0.25, -0.2) is 4.39 Å². The van der Waals surface area contributed by atoms with E-state index in [1.54, 1.807) is 31.2 Å². The molecule has 39 heavy (non-hydrogen) atoms. The van der Waals surface area contributed by atoms with Gasteiger partial charge in [0, 0.05) is 28.9 Å². The van der Waals surface area contributed by atoms with Crippen molar-refractivity contribution in [1.82, 2.24) is 15.5 Å². The normalized spacial score (nSPS) is 11.7. The van der Waals surface area contributed by atoms with Crippen LogP contribution in [0.5, 0.6) is 0 Å². The minimum Gasteiger partial charge on any atom is -0.466 e. The van der Waals surface area contributed by atoms with Gasteiger partial charge in [-0.3, -0.25) is 9.59 Å². The highest BCUT2D eigenvalue weighted by Gasteiger charge is 2.17. The molecule has 0 aliphatic heterocycles. The molecule has 1 amide bonds. The van der Waals surface area contributed by atoms with Gasteiger partial charge in [0.1, 0.15) is 5.82 Å². The molecule has 3 aromatic carbocycles. The zero-order valence-corrected chi connectivity index (χ0v) is 22.1. The van der Waals surface area contributed by atoms with Gasteiger partial charge in [-0.1, -0.05) is 26.0 Å². The lowest BCUT2D eigenvalue weighted by Gasteiger charge is -2.24. The van der Waals surface area contributed by atoms with Crippen LogP contribution in [0.15, 0.2) is 77.2 Å². The highest BCUT2D eigenvalue weighted by atomic mass is 19.1. The number of hydrogen-bond acceptors (Lipinski definition) is 7. The fourth-order valence-corrected chi connectivity index (χ4v) is 4.03. The number of nitrogens with one attached hydrogen (secondary N) is 2. The SMILES string of the molecule is CCOC(=O)CCNC(=O)c1ccc(C(Nc2ccc(-c3nnc(-c4ccc(F)cc4)o3)cc2)C(C)C)cc1. The first-order valence-corrected chi connectivity index (χ1v) is 12.8. The monoisotopic (exact) mass is 530 g/mol. The molecule has 1 heterocycles. The number of ether oxygens (including phenoxy) is 1. The van der Waals surface area contributed by atoms with Crippen molar-refractivity contribution in [1.29, 1.82) is 0 Å². The maximum atomic E-state index is 13.2. The van der Waals surface area contributed by atoms with Crippen LogP contribution < -0.4 is 10.6 Å². The van der Waals surface area contributed by atoms with E-state index in [-0.39, 0.29) is 42.6 Å². The number of hydrogen-bond donors (Lipinski definition) is 2. The summed E-state index contributed by atoms with van der Waals surface area (Å²) < 4.78 is 23.8. The Bertz CT molecular complexity index is 1380. The van der Waals surface area contributed by atoms with Gasteiger partial charge in [-0.2, -0.15) is 0 Å². The summed E-state index contributed by atoms with van der Waals surface area (Å²) in [5.74, 6) is 0.0623. The molecule has 0 spiro atoms. The fraction of sp³-hybridized carbons (Fsp3) is 0.267. The van der Waals surface area contributed by atoms with Crippen molar-refractivity contribution in [3.8, 4) is 22.9 Å². The van der Waals surface area contributed by atoms with E-state index in [1.165, 1.54) is 12.1 Å². The Morgan fingerprint density at radius 3 is 2.05 bits per heavy atom. The largest absolute Gasteiger partial charge is 0.466 e. The maximum absolute atomic E-state index is 13.2. The van der Waals surface area contributed by atoms with E-state index in [9.17, 15) is 14.0 Å². The van der Waals surface area contributed by atoms with Gasteiger partial charge in [-0.05, 0) is 79.1 Å². The van der Waals surface area contributed by atoms with Crippen LogP contribution in [0.25, 0.3) is 22.9 Å². The maximum Gasteiger partial charge on any atom is 0.307 e. The van der Waals surface area contributed by atoms with E-state index in [2.05, 4.69) is 34.7 Å². The zero-order chi connectivity index (χ0) is 27.8. The summed E-state index contributed by atoms with van der Waals surface area (Å²) in [5, 5.41) is 14.5. The second-order valence-electron chi connectivity index (χ2n) is 9.30. The molecule has 0 radical (unpaired) electrons. The van der Waals surface area contributed by atoms with Gasteiger partial charge in [0.25, 0.3) is 5.91 Å². The standard InChI is InChI=1S/C30H31FN4O4/c1-4-38-26(36)17-18-32-28(37)21-7-5-20(6-8-21)27(19(2)3)33-25-15-11-23(12-16-25)30-35-34-29(39-30)22-9-13-24(31)14-10-22/h5-16,19,27,33H,4,17-18H2,1-3H3,(H,32,37). The summed E-state index contributed by atoms with van der Waals surface area (Å²) >= 11 is 0. The topological polar surface area (TPSA) is 106 Å². The van der Waals surface area contributed by atoms with Crippen LogP contribution in [-0.2, 0) is 9.53 Å². The van der Waals surface area contributed by atoms with Crippen LogP contribution in [0.1, 0.15) is 49.2 Å². The van der Waals surface area contributed by atoms with E-state index in [0.717, 1.165) is 16.8 Å². The second-order valence-corrected chi connectivity index (χ2v) is 9.30. The number of carbonyl (C=O) groups is 2. The van der Waals surface area contributed by atoms with Crippen LogP contribution in [0.3, 0.4) is 0 Å². The molecule has 0 saturated heterocycles. The molecule has 2 N–H and O–H groups in total. The summed E-state index contributed by atoms with van der Waals surface area (Å²) in [4.78, 5) is 23.9. The lowest BCUT2D eigenvalue weighted by Crippen LogP contribution is -2.26. The first kappa shape index (κ1) is 27.5. The molecular formula is C30H31FN4O4. The third kappa shape index (κ3) is 7.28. The van der Waals surface area contributed by atoms with Crippen molar-refractivity contribution < 1.29 is 23.1 Å². The molecule has 0 saturated carbocycles. The van der Waals surface area contributed by atoms with Crippen LogP contribution in [0, 0.1) is 11.7 Å². The van der Waals surface area contributed by atoms with Gasteiger partial charge in [0.2, 0.25) is 11.8 Å². The average Bonchev–Trinajstić information content (AvgIpc) is 3.43. The number of carbonyl (C=O) groups excluding carboxylic acids is 2. The first-order chi connectivity index (χ1) is 18.8. The number of anilines is 1. The van der Waals surface area contributed by atoms with Crippen LogP contribution in [0.4, 0.5) is 10.1 Å². The fourth-order valence-electron chi connectivity index (χ4n) is 4.03. The molecule has 9 heteroatoms. The highest BCUT2D eigenvalue weighted by molar-refractivity contribution is 5.94. The molecule has 0 fully saturated rings. The summed E-state index contributed by atoms with van der Waals surface area (Å²) in [6.45, 7) is 6.54. The van der Waals surface area contributed by atoms with E-state index >= 15 is 0 Å². The first-order valence-electron chi connectivity index (χ1n) is 12.8. The van der Waals surface area contributed by atoms with Crippen LogP contribution >= 0.6 is 0 Å². The number of aromatic nitrogens is 2. The summed E-state index contributed by atoms with van der Waals surface area (Å²) in [5.41, 5.74) is 3.89. The molecule has 0 aliphatic rings. The molecule has 1 aromatic heterocycles. The van der Waals surface area contributed by atoms with Crippen molar-refractivity contribution in [2.24, 2.45) is 5.92 Å². The molecule has 1 unspecified atom stereocenters. The van der Waals surface area contributed by atoms with Gasteiger partial charge < -0.3 is 19.8 Å². The minimum absolute atomic E-state index is 0.00487. The molecule has 4 rings (SSSR count). The Labute approximate surface area is 226 Å². The lowest BCUT2D eigenvalue weighted by atomic mass is 9.94. The number of esters is 1. The van der Waals surface area contributed by atoms with Gasteiger partial charge in [0.05, 0.1) is 19.1 Å². The number of nitrogens with zero attached hydrogens (tertiary/aromatic N) is 2. The van der Waals surface area contributed by atoms with Crippen molar-refractivity contribution in [3.63, 3.8) is 0 Å². The number of benzene rings is 3. The van der Waals surface area contributed by atoms with Gasteiger partial charge >= 0.3 is 5.97 Å². The Morgan fingerprint density at radius 2 is 1.49 bits per heavy atom. The summed E-state index contributed by atoms with van der Waals surface area (Å²) in [6.07, 6.45) is 0.137. The molecule has 8 nitrogen and oxygen atoms in total. The molecule has 0 aliphatic carbocycles. The third-order valence-electron chi connectivity index (χ3n) is 6.09. The molecular weight excluding hydrogens is 499 g/mol. The Kier molecular flexibility index (Phi) is 9.04. The third-order valence-corrected chi connectivity index (χ3v) is 6.09. The average molecular weight is 531 g/mol. The second kappa shape index (κ2) is 12.8. The van der Waals surface area contributed by atoms with E-state index < -0.39 is 0 Å². The van der Waals surface area contributed by atoms with Crippen molar-refractivity contribution in [2.45, 2.75) is 33.2 Å². The number of amides is 1. The highest BCUT2D eigenvalue weighted by Crippen LogP contribution is 2.29. The lowest BCUT2D eigenvalue weighted by molar-refractivity contribution is -0.142. The Morgan fingerprint density at radius 1 is 0.897 bits per heavy atom. The van der Waals surface area contributed by atoms with Crippen LogP contribution in [0.2, 0.25) is 0 Å². The van der Waals surface area contributed by atoms with Crippen molar-refractivity contribution >= 4 is 17.6 Å². The molecule has 0 bridgehead atoms. The molecule has 4 aromatic rings.